The van der Waals surface area contributed by atoms with E-state index in [1.165, 1.54) is 6.07 Å². The molecule has 0 bridgehead atoms. The van der Waals surface area contributed by atoms with Crippen LogP contribution in [0.15, 0.2) is 23.1 Å². The highest BCUT2D eigenvalue weighted by molar-refractivity contribution is 7.89. The lowest BCUT2D eigenvalue weighted by atomic mass is 10.1. The summed E-state index contributed by atoms with van der Waals surface area (Å²) in [7, 11) is -4.09. The molecule has 1 rings (SSSR count). The summed E-state index contributed by atoms with van der Waals surface area (Å²) >= 11 is 5.53. The van der Waals surface area contributed by atoms with E-state index < -0.39 is 32.6 Å². The van der Waals surface area contributed by atoms with Crippen molar-refractivity contribution in [3.63, 3.8) is 0 Å². The van der Waals surface area contributed by atoms with Crippen LogP contribution in [0.2, 0.25) is 5.02 Å². The molecule has 0 radical (unpaired) electrons. The maximum Gasteiger partial charge on any atom is 0.307 e. The molecule has 0 saturated carbocycles. The lowest BCUT2D eigenvalue weighted by Gasteiger charge is -2.12. The van der Waals surface area contributed by atoms with E-state index in [0.29, 0.717) is 0 Å². The van der Waals surface area contributed by atoms with Crippen molar-refractivity contribution in [2.24, 2.45) is 5.92 Å². The molecule has 2 N–H and O–H groups in total. The van der Waals surface area contributed by atoms with Crippen LogP contribution in [-0.4, -0.2) is 26.0 Å². The number of aliphatic carboxylic acids is 1. The second-order valence-corrected chi connectivity index (χ2v) is 6.04. The molecule has 106 valence electrons. The lowest BCUT2D eigenvalue weighted by Crippen LogP contribution is -2.33. The molecule has 0 aliphatic rings. The number of carbonyl (C=O) groups is 1. The van der Waals surface area contributed by atoms with Crippen molar-refractivity contribution >= 4 is 27.6 Å². The summed E-state index contributed by atoms with van der Waals surface area (Å²) in [5, 5.41) is 8.88. The maximum atomic E-state index is 13.5. The summed E-state index contributed by atoms with van der Waals surface area (Å²) in [5.41, 5.74) is 0. The molecule has 1 unspecified atom stereocenters. The largest absolute Gasteiger partial charge is 0.481 e. The zero-order chi connectivity index (χ0) is 14.6. The predicted octanol–water partition coefficient (Wildman–Crippen LogP) is 1.87. The van der Waals surface area contributed by atoms with Crippen molar-refractivity contribution < 1.29 is 22.7 Å². The van der Waals surface area contributed by atoms with Gasteiger partial charge in [-0.2, -0.15) is 0 Å². The van der Waals surface area contributed by atoms with Gasteiger partial charge in [0.15, 0.2) is 0 Å². The Hall–Kier alpha value is -1.18. The molecule has 19 heavy (non-hydrogen) atoms. The maximum absolute atomic E-state index is 13.5. The van der Waals surface area contributed by atoms with Crippen LogP contribution in [0.4, 0.5) is 4.39 Å². The van der Waals surface area contributed by atoms with Gasteiger partial charge in [0.2, 0.25) is 10.0 Å². The summed E-state index contributed by atoms with van der Waals surface area (Å²) in [5.74, 6) is -2.95. The summed E-state index contributed by atoms with van der Waals surface area (Å²) in [6, 6.07) is 3.15. The minimum absolute atomic E-state index is 0.0772. The van der Waals surface area contributed by atoms with Crippen molar-refractivity contribution in [3.8, 4) is 0 Å². The quantitative estimate of drug-likeness (QED) is 0.840. The molecule has 0 aromatic heterocycles. The van der Waals surface area contributed by atoms with Gasteiger partial charge in [-0.15, -0.1) is 0 Å². The lowest BCUT2D eigenvalue weighted by molar-refractivity contribution is -0.141. The van der Waals surface area contributed by atoms with Gasteiger partial charge in [-0.1, -0.05) is 18.5 Å². The van der Waals surface area contributed by atoms with Crippen molar-refractivity contribution in [1.82, 2.24) is 4.72 Å². The fraction of sp³-hybridized carbons (Fsp3) is 0.364. The molecule has 0 aliphatic carbocycles. The fourth-order valence-electron chi connectivity index (χ4n) is 1.39. The molecule has 1 aromatic rings. The average molecular weight is 310 g/mol. The molecule has 1 atom stereocenters. The molecule has 0 saturated heterocycles. The molecule has 5 nitrogen and oxygen atoms in total. The Morgan fingerprint density at radius 2 is 2.16 bits per heavy atom. The highest BCUT2D eigenvalue weighted by Crippen LogP contribution is 2.19. The Kier molecular flexibility index (Phi) is 5.28. The normalized spacial score (nSPS) is 13.2. The van der Waals surface area contributed by atoms with Crippen LogP contribution in [0.3, 0.4) is 0 Å². The van der Waals surface area contributed by atoms with Gasteiger partial charge in [-0.3, -0.25) is 4.79 Å². The second-order valence-electron chi connectivity index (χ2n) is 3.87. The van der Waals surface area contributed by atoms with Crippen molar-refractivity contribution in [2.75, 3.05) is 6.54 Å². The number of carboxylic acids is 1. The number of carboxylic acid groups (broad SMARTS) is 1. The Morgan fingerprint density at radius 1 is 1.53 bits per heavy atom. The minimum Gasteiger partial charge on any atom is -0.481 e. The predicted molar refractivity (Wildman–Crippen MR) is 68.0 cm³/mol. The molecule has 0 fully saturated rings. The van der Waals surface area contributed by atoms with E-state index in [0.717, 1.165) is 12.1 Å². The van der Waals surface area contributed by atoms with Gasteiger partial charge in [0.25, 0.3) is 0 Å². The third kappa shape index (κ3) is 4.15. The molecule has 0 amide bonds. The van der Waals surface area contributed by atoms with E-state index in [1.54, 1.807) is 6.92 Å². The number of nitrogens with one attached hydrogen (secondary N) is 1. The zero-order valence-corrected chi connectivity index (χ0v) is 11.6. The van der Waals surface area contributed by atoms with Gasteiger partial charge in [-0.05, 0) is 24.6 Å². The number of rotatable bonds is 6. The number of hydrogen-bond acceptors (Lipinski definition) is 3. The summed E-state index contributed by atoms with van der Waals surface area (Å²) in [6.07, 6.45) is 0.265. The fourth-order valence-corrected chi connectivity index (χ4v) is 2.69. The molecular formula is C11H13ClFNO4S. The number of halogens is 2. The Morgan fingerprint density at radius 3 is 2.63 bits per heavy atom. The Labute approximate surface area is 115 Å². The number of hydrogen-bond donors (Lipinski definition) is 2. The summed E-state index contributed by atoms with van der Waals surface area (Å²) in [4.78, 5) is 10.2. The Balaban J connectivity index is 2.90. The van der Waals surface area contributed by atoms with Crippen LogP contribution in [-0.2, 0) is 14.8 Å². The van der Waals surface area contributed by atoms with Crippen LogP contribution in [0.1, 0.15) is 13.3 Å². The SMILES string of the molecule is CCC(CNS(=O)(=O)c1ccc(Cl)cc1F)C(=O)O. The first-order chi connectivity index (χ1) is 8.77. The molecular weight excluding hydrogens is 297 g/mol. The number of sulfonamides is 1. The van der Waals surface area contributed by atoms with Gasteiger partial charge in [-0.25, -0.2) is 17.5 Å². The molecule has 1 aromatic carbocycles. The van der Waals surface area contributed by atoms with Crippen LogP contribution in [0, 0.1) is 11.7 Å². The van der Waals surface area contributed by atoms with Gasteiger partial charge in [0.1, 0.15) is 10.7 Å². The van der Waals surface area contributed by atoms with E-state index in [9.17, 15) is 17.6 Å². The highest BCUT2D eigenvalue weighted by atomic mass is 35.5. The monoisotopic (exact) mass is 309 g/mol. The van der Waals surface area contributed by atoms with Gasteiger partial charge >= 0.3 is 5.97 Å². The molecule has 0 heterocycles. The first kappa shape index (κ1) is 15.9. The third-order valence-corrected chi connectivity index (χ3v) is 4.24. The summed E-state index contributed by atoms with van der Waals surface area (Å²) < 4.78 is 39.2. The molecule has 8 heteroatoms. The Bertz CT molecular complexity index is 576. The van der Waals surface area contributed by atoms with E-state index in [-0.39, 0.29) is 18.0 Å². The van der Waals surface area contributed by atoms with E-state index in [1.807, 2.05) is 0 Å². The van der Waals surface area contributed by atoms with Crippen molar-refractivity contribution in [3.05, 3.63) is 29.0 Å². The van der Waals surface area contributed by atoms with Gasteiger partial charge < -0.3 is 5.11 Å². The smallest absolute Gasteiger partial charge is 0.307 e. The van der Waals surface area contributed by atoms with Crippen LogP contribution < -0.4 is 4.72 Å². The van der Waals surface area contributed by atoms with Gasteiger partial charge in [0.05, 0.1) is 5.92 Å². The van der Waals surface area contributed by atoms with Crippen LogP contribution in [0.5, 0.6) is 0 Å². The van der Waals surface area contributed by atoms with Crippen LogP contribution >= 0.6 is 11.6 Å². The standard InChI is InChI=1S/C11H13ClFNO4S/c1-2-7(11(15)16)6-14-19(17,18)10-4-3-8(12)5-9(10)13/h3-5,7,14H,2,6H2,1H3,(H,15,16). The first-order valence-electron chi connectivity index (χ1n) is 5.45. The molecule has 0 spiro atoms. The van der Waals surface area contributed by atoms with Crippen molar-refractivity contribution in [1.29, 1.82) is 0 Å². The van der Waals surface area contributed by atoms with Crippen molar-refractivity contribution in [2.45, 2.75) is 18.2 Å². The zero-order valence-electron chi connectivity index (χ0n) is 10.1. The number of benzene rings is 1. The van der Waals surface area contributed by atoms with Crippen LogP contribution in [0.25, 0.3) is 0 Å². The highest BCUT2D eigenvalue weighted by Gasteiger charge is 2.22. The first-order valence-corrected chi connectivity index (χ1v) is 7.31. The molecule has 0 aliphatic heterocycles. The van der Waals surface area contributed by atoms with E-state index in [2.05, 4.69) is 4.72 Å². The topological polar surface area (TPSA) is 83.5 Å². The van der Waals surface area contributed by atoms with E-state index >= 15 is 0 Å². The third-order valence-electron chi connectivity index (χ3n) is 2.55. The second kappa shape index (κ2) is 6.31. The van der Waals surface area contributed by atoms with Gasteiger partial charge in [0, 0.05) is 11.6 Å². The summed E-state index contributed by atoms with van der Waals surface area (Å²) in [6.45, 7) is 1.33. The average Bonchev–Trinajstić information content (AvgIpc) is 2.28. The van der Waals surface area contributed by atoms with E-state index in [4.69, 9.17) is 16.7 Å². The minimum atomic E-state index is -4.09.